The molecule has 0 unspecified atom stereocenters. The smallest absolute Gasteiger partial charge is 0.322 e. The van der Waals surface area contributed by atoms with Crippen LogP contribution in [0.5, 0.6) is 0 Å². The van der Waals surface area contributed by atoms with E-state index in [0.717, 1.165) is 49.9 Å². The zero-order chi connectivity index (χ0) is 18.2. The van der Waals surface area contributed by atoms with Crippen LogP contribution in [-0.2, 0) is 32.5 Å². The summed E-state index contributed by atoms with van der Waals surface area (Å²) in [4.78, 5) is 19.4. The molecule has 0 bridgehead atoms. The molecular weight excluding hydrogens is 340 g/mol. The lowest BCUT2D eigenvalue weighted by atomic mass is 9.85. The number of fused-ring (bicyclic) bond motifs is 3. The van der Waals surface area contributed by atoms with Gasteiger partial charge >= 0.3 is 6.03 Å². The van der Waals surface area contributed by atoms with Gasteiger partial charge in [-0.05, 0) is 44.4 Å². The number of hydrogen-bond acceptors (Lipinski definition) is 3. The van der Waals surface area contributed by atoms with Gasteiger partial charge in [0.25, 0.3) is 0 Å². The van der Waals surface area contributed by atoms with Gasteiger partial charge in [0.2, 0.25) is 0 Å². The van der Waals surface area contributed by atoms with Crippen molar-refractivity contribution in [3.05, 3.63) is 29.6 Å². The standard InChI is InChI=1S/C20H28N6O/c27-20(22-16-11-21-25(13-16)12-15-5-4-6-15)24-9-10-26-18-8-3-1-2-7-17(18)23-19(26)14-24/h11,13,15H,1-10,12,14H2,(H,22,27). The fraction of sp³-hybridized carbons (Fsp3) is 0.650. The molecule has 0 radical (unpaired) electrons. The molecule has 3 aliphatic rings. The lowest BCUT2D eigenvalue weighted by Crippen LogP contribution is -2.41. The van der Waals surface area contributed by atoms with Crippen LogP contribution in [0.25, 0.3) is 0 Å². The molecule has 7 heteroatoms. The molecule has 144 valence electrons. The van der Waals surface area contributed by atoms with Gasteiger partial charge in [0.05, 0.1) is 24.1 Å². The van der Waals surface area contributed by atoms with Crippen molar-refractivity contribution in [2.75, 3.05) is 11.9 Å². The van der Waals surface area contributed by atoms with Gasteiger partial charge in [0.1, 0.15) is 5.82 Å². The summed E-state index contributed by atoms with van der Waals surface area (Å²) >= 11 is 0. The van der Waals surface area contributed by atoms with Gasteiger partial charge < -0.3 is 14.8 Å². The Morgan fingerprint density at radius 2 is 2.04 bits per heavy atom. The minimum absolute atomic E-state index is 0.0531. The zero-order valence-electron chi connectivity index (χ0n) is 15.9. The van der Waals surface area contributed by atoms with E-state index in [4.69, 9.17) is 4.98 Å². The number of imidazole rings is 1. The van der Waals surface area contributed by atoms with E-state index in [1.165, 1.54) is 49.9 Å². The highest BCUT2D eigenvalue weighted by Crippen LogP contribution is 2.28. The fourth-order valence-electron chi connectivity index (χ4n) is 4.53. The Morgan fingerprint density at radius 3 is 2.89 bits per heavy atom. The molecule has 2 amide bonds. The van der Waals surface area contributed by atoms with Crippen molar-refractivity contribution in [3.63, 3.8) is 0 Å². The predicted octanol–water partition coefficient (Wildman–Crippen LogP) is 3.20. The topological polar surface area (TPSA) is 68.0 Å². The van der Waals surface area contributed by atoms with E-state index in [0.29, 0.717) is 6.54 Å². The summed E-state index contributed by atoms with van der Waals surface area (Å²) in [6, 6.07) is -0.0531. The molecule has 2 aromatic rings. The first-order valence-corrected chi connectivity index (χ1v) is 10.4. The SMILES string of the molecule is O=C(Nc1cnn(CC2CCC2)c1)N1CCn2c(nc3c2CCCCC3)C1. The Balaban J connectivity index is 1.23. The van der Waals surface area contributed by atoms with Crippen LogP contribution in [0.3, 0.4) is 0 Å². The predicted molar refractivity (Wildman–Crippen MR) is 102 cm³/mol. The summed E-state index contributed by atoms with van der Waals surface area (Å²) in [7, 11) is 0. The highest BCUT2D eigenvalue weighted by Gasteiger charge is 2.27. The van der Waals surface area contributed by atoms with Gasteiger partial charge in [0, 0.05) is 31.5 Å². The molecule has 0 spiro atoms. The van der Waals surface area contributed by atoms with Gasteiger partial charge in [-0.1, -0.05) is 12.8 Å². The Morgan fingerprint density at radius 1 is 1.15 bits per heavy atom. The number of aryl methyl sites for hydroxylation is 1. The molecule has 1 aliphatic heterocycles. The second kappa shape index (κ2) is 7.02. The number of carbonyl (C=O) groups excluding carboxylic acids is 1. The highest BCUT2D eigenvalue weighted by atomic mass is 16.2. The molecule has 7 nitrogen and oxygen atoms in total. The largest absolute Gasteiger partial charge is 0.328 e. The number of urea groups is 1. The summed E-state index contributed by atoms with van der Waals surface area (Å²) in [6.07, 6.45) is 13.6. The van der Waals surface area contributed by atoms with Crippen LogP contribution in [0, 0.1) is 5.92 Å². The zero-order valence-corrected chi connectivity index (χ0v) is 15.9. The van der Waals surface area contributed by atoms with Gasteiger partial charge in [-0.3, -0.25) is 4.68 Å². The Kier molecular flexibility index (Phi) is 4.38. The van der Waals surface area contributed by atoms with Crippen molar-refractivity contribution < 1.29 is 4.79 Å². The van der Waals surface area contributed by atoms with Gasteiger partial charge in [-0.25, -0.2) is 9.78 Å². The van der Waals surface area contributed by atoms with Crippen LogP contribution in [-0.4, -0.2) is 36.8 Å². The van der Waals surface area contributed by atoms with E-state index in [9.17, 15) is 4.79 Å². The quantitative estimate of drug-likeness (QED) is 0.846. The first-order chi connectivity index (χ1) is 13.3. The minimum atomic E-state index is -0.0531. The van der Waals surface area contributed by atoms with Gasteiger partial charge in [-0.15, -0.1) is 0 Å². The van der Waals surface area contributed by atoms with E-state index in [-0.39, 0.29) is 6.03 Å². The number of anilines is 1. The van der Waals surface area contributed by atoms with E-state index in [2.05, 4.69) is 15.0 Å². The van der Waals surface area contributed by atoms with Crippen LogP contribution in [0.4, 0.5) is 10.5 Å². The molecular formula is C20H28N6O. The summed E-state index contributed by atoms with van der Waals surface area (Å²) in [5, 5.41) is 7.40. The molecule has 1 fully saturated rings. The van der Waals surface area contributed by atoms with Crippen LogP contribution >= 0.6 is 0 Å². The average Bonchev–Trinajstić information content (AvgIpc) is 3.14. The Bertz CT molecular complexity index is 834. The Hall–Kier alpha value is -2.31. The van der Waals surface area contributed by atoms with Crippen molar-refractivity contribution in [2.24, 2.45) is 5.92 Å². The molecule has 5 rings (SSSR count). The van der Waals surface area contributed by atoms with Crippen molar-refractivity contribution in [1.29, 1.82) is 0 Å². The lowest BCUT2D eigenvalue weighted by Gasteiger charge is -2.28. The number of nitrogens with zero attached hydrogens (tertiary/aromatic N) is 5. The molecule has 2 aromatic heterocycles. The van der Waals surface area contributed by atoms with Crippen LogP contribution in [0.2, 0.25) is 0 Å². The van der Waals surface area contributed by atoms with Crippen LogP contribution in [0.15, 0.2) is 12.4 Å². The molecule has 0 atom stereocenters. The third-order valence-corrected chi connectivity index (χ3v) is 6.33. The number of rotatable bonds is 3. The third kappa shape index (κ3) is 3.35. The average molecular weight is 368 g/mol. The molecule has 1 saturated carbocycles. The second-order valence-electron chi connectivity index (χ2n) is 8.23. The molecule has 0 aromatic carbocycles. The summed E-state index contributed by atoms with van der Waals surface area (Å²) in [5.41, 5.74) is 3.46. The minimum Gasteiger partial charge on any atom is -0.328 e. The first-order valence-electron chi connectivity index (χ1n) is 10.4. The highest BCUT2D eigenvalue weighted by molar-refractivity contribution is 5.89. The molecule has 2 aliphatic carbocycles. The molecule has 0 saturated heterocycles. The van der Waals surface area contributed by atoms with E-state index in [1.807, 2.05) is 15.8 Å². The van der Waals surface area contributed by atoms with E-state index in [1.54, 1.807) is 6.20 Å². The first kappa shape index (κ1) is 16.8. The van der Waals surface area contributed by atoms with Crippen molar-refractivity contribution in [1.82, 2.24) is 24.2 Å². The van der Waals surface area contributed by atoms with Crippen molar-refractivity contribution >= 4 is 11.7 Å². The van der Waals surface area contributed by atoms with E-state index >= 15 is 0 Å². The maximum atomic E-state index is 12.7. The monoisotopic (exact) mass is 368 g/mol. The lowest BCUT2D eigenvalue weighted by molar-refractivity contribution is 0.195. The molecule has 27 heavy (non-hydrogen) atoms. The molecule has 1 N–H and O–H groups in total. The number of hydrogen-bond donors (Lipinski definition) is 1. The van der Waals surface area contributed by atoms with Crippen LogP contribution in [0.1, 0.15) is 55.7 Å². The normalized spacial score (nSPS) is 19.8. The maximum absolute atomic E-state index is 12.7. The number of carbonyl (C=O) groups is 1. The Labute approximate surface area is 159 Å². The van der Waals surface area contributed by atoms with Crippen LogP contribution < -0.4 is 5.32 Å². The van der Waals surface area contributed by atoms with Crippen molar-refractivity contribution in [2.45, 2.75) is 71.0 Å². The van der Waals surface area contributed by atoms with E-state index < -0.39 is 0 Å². The number of aromatic nitrogens is 4. The van der Waals surface area contributed by atoms with Crippen molar-refractivity contribution in [3.8, 4) is 0 Å². The summed E-state index contributed by atoms with van der Waals surface area (Å²) in [5.74, 6) is 1.80. The van der Waals surface area contributed by atoms with Gasteiger partial charge in [-0.2, -0.15) is 5.10 Å². The number of amides is 2. The maximum Gasteiger partial charge on any atom is 0.322 e. The number of nitrogens with one attached hydrogen (secondary N) is 1. The molecule has 3 heterocycles. The third-order valence-electron chi connectivity index (χ3n) is 6.33. The summed E-state index contributed by atoms with van der Waals surface area (Å²) in [6.45, 7) is 3.14. The van der Waals surface area contributed by atoms with Gasteiger partial charge in [0.15, 0.2) is 0 Å². The fourth-order valence-corrected chi connectivity index (χ4v) is 4.53. The second-order valence-corrected chi connectivity index (χ2v) is 8.23. The summed E-state index contributed by atoms with van der Waals surface area (Å²) < 4.78 is 4.32.